The second-order valence-electron chi connectivity index (χ2n) is 10.9. The van der Waals surface area contributed by atoms with E-state index in [2.05, 4.69) is 64.1 Å². The molecule has 0 saturated carbocycles. The van der Waals surface area contributed by atoms with Gasteiger partial charge in [0.25, 0.3) is 11.5 Å². The number of aldehydes is 1. The lowest BCUT2D eigenvalue weighted by molar-refractivity contribution is -0.122. The van der Waals surface area contributed by atoms with Gasteiger partial charge in [-0.05, 0) is 66.0 Å². The average molecular weight is 522 g/mol. The first-order valence-electron chi connectivity index (χ1n) is 13.1. The van der Waals surface area contributed by atoms with Gasteiger partial charge in [-0.15, -0.1) is 0 Å². The zero-order chi connectivity index (χ0) is 28.3. The molecule has 0 spiro atoms. The lowest BCUT2D eigenvalue weighted by Crippen LogP contribution is -2.33. The Kier molecular flexibility index (Phi) is 8.54. The van der Waals surface area contributed by atoms with Crippen LogP contribution in [-0.2, 0) is 15.6 Å². The van der Waals surface area contributed by atoms with Crippen LogP contribution >= 0.6 is 0 Å². The van der Waals surface area contributed by atoms with Crippen LogP contribution in [0.1, 0.15) is 89.2 Å². The maximum Gasteiger partial charge on any atom is 0.279 e. The first-order valence-corrected chi connectivity index (χ1v) is 13.1. The summed E-state index contributed by atoms with van der Waals surface area (Å²) in [7, 11) is 0. The SMILES string of the molecule is CCC(Oc1ccc(C(C)(C)CC)cc1C(C)(C)CC)C(=O)Nc1ccc(-n2[nH]c(=O)c(C=O)c2O)cc1. The number of amides is 1. The Balaban J connectivity index is 1.83. The van der Waals surface area contributed by atoms with Gasteiger partial charge in [0.1, 0.15) is 11.3 Å². The number of aromatic amines is 1. The van der Waals surface area contributed by atoms with Gasteiger partial charge in [0.05, 0.1) is 5.69 Å². The molecule has 0 fully saturated rings. The Bertz CT molecular complexity index is 1350. The number of carbonyl (C=O) groups is 2. The first-order chi connectivity index (χ1) is 17.9. The molecule has 0 aliphatic carbocycles. The molecule has 0 bridgehead atoms. The van der Waals surface area contributed by atoms with Crippen LogP contribution in [0.5, 0.6) is 11.6 Å². The van der Waals surface area contributed by atoms with Crippen LogP contribution in [-0.4, -0.2) is 33.2 Å². The molecule has 0 aliphatic heterocycles. The molecule has 0 aliphatic rings. The van der Waals surface area contributed by atoms with E-state index in [1.165, 1.54) is 5.56 Å². The van der Waals surface area contributed by atoms with Gasteiger partial charge in [-0.2, -0.15) is 0 Å². The lowest BCUT2D eigenvalue weighted by Gasteiger charge is -2.31. The zero-order valence-corrected chi connectivity index (χ0v) is 23.3. The number of anilines is 1. The molecule has 2 aromatic carbocycles. The van der Waals surface area contributed by atoms with Crippen molar-refractivity contribution in [1.82, 2.24) is 9.78 Å². The lowest BCUT2D eigenvalue weighted by atomic mass is 9.76. The van der Waals surface area contributed by atoms with E-state index < -0.39 is 17.5 Å². The van der Waals surface area contributed by atoms with E-state index in [-0.39, 0.29) is 22.3 Å². The van der Waals surface area contributed by atoms with Crippen LogP contribution in [0, 0.1) is 0 Å². The highest BCUT2D eigenvalue weighted by Gasteiger charge is 2.29. The highest BCUT2D eigenvalue weighted by molar-refractivity contribution is 5.94. The molecule has 0 radical (unpaired) electrons. The molecule has 3 rings (SSSR count). The number of ether oxygens (including phenoxy) is 1. The molecule has 1 atom stereocenters. The van der Waals surface area contributed by atoms with Crippen molar-refractivity contribution in [2.24, 2.45) is 0 Å². The zero-order valence-electron chi connectivity index (χ0n) is 23.3. The van der Waals surface area contributed by atoms with Crippen molar-refractivity contribution in [3.63, 3.8) is 0 Å². The number of hydrogen-bond acceptors (Lipinski definition) is 5. The van der Waals surface area contributed by atoms with Gasteiger partial charge in [0.15, 0.2) is 12.4 Å². The summed E-state index contributed by atoms with van der Waals surface area (Å²) in [5.74, 6) is -0.0396. The molecule has 8 heteroatoms. The van der Waals surface area contributed by atoms with Crippen LogP contribution < -0.4 is 15.6 Å². The molecular weight excluding hydrogens is 482 g/mol. The molecule has 204 valence electrons. The van der Waals surface area contributed by atoms with Crippen molar-refractivity contribution in [1.29, 1.82) is 0 Å². The average Bonchev–Trinajstić information content (AvgIpc) is 3.20. The summed E-state index contributed by atoms with van der Waals surface area (Å²) in [6.07, 6.45) is 2.01. The largest absolute Gasteiger partial charge is 0.493 e. The molecule has 3 N–H and O–H groups in total. The number of benzene rings is 2. The first kappa shape index (κ1) is 28.8. The third-order valence-corrected chi connectivity index (χ3v) is 7.61. The molecule has 1 heterocycles. The van der Waals surface area contributed by atoms with Gasteiger partial charge in [-0.25, -0.2) is 4.68 Å². The summed E-state index contributed by atoms with van der Waals surface area (Å²) in [6, 6.07) is 12.8. The third-order valence-electron chi connectivity index (χ3n) is 7.61. The number of nitrogens with zero attached hydrogens (tertiary/aromatic N) is 1. The fraction of sp³-hybridized carbons (Fsp3) is 0.433. The van der Waals surface area contributed by atoms with Crippen molar-refractivity contribution in [3.05, 3.63) is 69.5 Å². The van der Waals surface area contributed by atoms with Crippen LogP contribution in [0.4, 0.5) is 5.69 Å². The molecule has 1 aromatic heterocycles. The molecular formula is C30H39N3O5. The number of aromatic nitrogens is 2. The molecule has 1 unspecified atom stereocenters. The maximum absolute atomic E-state index is 13.2. The van der Waals surface area contributed by atoms with Crippen LogP contribution in [0.3, 0.4) is 0 Å². The molecule has 1 amide bonds. The van der Waals surface area contributed by atoms with Gasteiger partial charge in [0, 0.05) is 11.3 Å². The van der Waals surface area contributed by atoms with Crippen molar-refractivity contribution in [2.75, 3.05) is 5.32 Å². The van der Waals surface area contributed by atoms with E-state index in [9.17, 15) is 19.5 Å². The molecule has 0 saturated heterocycles. The highest BCUT2D eigenvalue weighted by Crippen LogP contribution is 2.39. The van der Waals surface area contributed by atoms with E-state index in [1.807, 2.05) is 13.0 Å². The van der Waals surface area contributed by atoms with Gasteiger partial charge in [-0.1, -0.05) is 60.6 Å². The minimum atomic E-state index is -0.703. The second kappa shape index (κ2) is 11.3. The van der Waals surface area contributed by atoms with Gasteiger partial charge < -0.3 is 15.2 Å². The molecule has 8 nitrogen and oxygen atoms in total. The fourth-order valence-electron chi connectivity index (χ4n) is 4.10. The summed E-state index contributed by atoms with van der Waals surface area (Å²) in [5, 5.41) is 15.4. The second-order valence-corrected chi connectivity index (χ2v) is 10.9. The van der Waals surface area contributed by atoms with Gasteiger partial charge in [-0.3, -0.25) is 19.5 Å². The number of hydrogen-bond donors (Lipinski definition) is 3. The van der Waals surface area contributed by atoms with E-state index >= 15 is 0 Å². The Morgan fingerprint density at radius 3 is 2.21 bits per heavy atom. The van der Waals surface area contributed by atoms with Crippen LogP contribution in [0.2, 0.25) is 0 Å². The predicted molar refractivity (Wildman–Crippen MR) is 150 cm³/mol. The Labute approximate surface area is 224 Å². The number of nitrogens with one attached hydrogen (secondary N) is 2. The van der Waals surface area contributed by atoms with Crippen molar-refractivity contribution >= 4 is 17.9 Å². The van der Waals surface area contributed by atoms with Gasteiger partial charge >= 0.3 is 0 Å². The summed E-state index contributed by atoms with van der Waals surface area (Å²) >= 11 is 0. The van der Waals surface area contributed by atoms with Crippen LogP contribution in [0.25, 0.3) is 5.69 Å². The summed E-state index contributed by atoms with van der Waals surface area (Å²) in [6.45, 7) is 15.1. The number of H-pyrrole nitrogens is 1. The minimum Gasteiger partial charge on any atom is -0.493 e. The molecule has 3 aromatic rings. The van der Waals surface area contributed by atoms with Crippen molar-refractivity contribution in [3.8, 4) is 17.3 Å². The number of carbonyl (C=O) groups excluding carboxylic acids is 2. The monoisotopic (exact) mass is 521 g/mol. The van der Waals surface area contributed by atoms with E-state index in [0.717, 1.165) is 23.1 Å². The normalized spacial score (nSPS) is 12.7. The topological polar surface area (TPSA) is 113 Å². The smallest absolute Gasteiger partial charge is 0.279 e. The van der Waals surface area contributed by atoms with Crippen LogP contribution in [0.15, 0.2) is 47.3 Å². The van der Waals surface area contributed by atoms with Crippen molar-refractivity contribution < 1.29 is 19.4 Å². The number of aromatic hydroxyl groups is 1. The Morgan fingerprint density at radius 2 is 1.68 bits per heavy atom. The number of rotatable bonds is 11. The van der Waals surface area contributed by atoms with E-state index in [0.29, 0.717) is 29.8 Å². The van der Waals surface area contributed by atoms with Gasteiger partial charge in [0.2, 0.25) is 5.88 Å². The summed E-state index contributed by atoms with van der Waals surface area (Å²) in [5.41, 5.74) is 2.16. The Hall–Kier alpha value is -3.81. The summed E-state index contributed by atoms with van der Waals surface area (Å²) in [4.78, 5) is 36.0. The maximum atomic E-state index is 13.2. The fourth-order valence-corrected chi connectivity index (χ4v) is 4.10. The highest BCUT2D eigenvalue weighted by atomic mass is 16.5. The third kappa shape index (κ3) is 5.85. The minimum absolute atomic E-state index is 0.0318. The summed E-state index contributed by atoms with van der Waals surface area (Å²) < 4.78 is 7.44. The standard InChI is InChI=1S/C30H39N3O5/c1-8-24(38-25-16-11-19(29(4,5)9-2)17-23(25)30(6,7)10-3)27(36)31-20-12-14-21(15-13-20)33-28(37)22(18-34)26(35)32-33/h11-18,24,37H,8-10H2,1-7H3,(H,31,36)(H,32,35). The molecule has 38 heavy (non-hydrogen) atoms. The quantitative estimate of drug-likeness (QED) is 0.274. The van der Waals surface area contributed by atoms with E-state index in [1.54, 1.807) is 24.3 Å². The van der Waals surface area contributed by atoms with Crippen molar-refractivity contribution in [2.45, 2.75) is 84.7 Å². The Morgan fingerprint density at radius 1 is 1.05 bits per heavy atom. The van der Waals surface area contributed by atoms with E-state index in [4.69, 9.17) is 4.74 Å². The predicted octanol–water partition coefficient (Wildman–Crippen LogP) is 5.86.